The first-order chi connectivity index (χ1) is 13.0. The number of para-hydroxylation sites is 2. The summed E-state index contributed by atoms with van der Waals surface area (Å²) in [5.74, 6) is -1.70. The van der Waals surface area contributed by atoms with Crippen molar-refractivity contribution in [1.82, 2.24) is 4.90 Å². The normalized spacial score (nSPS) is 15.1. The lowest BCUT2D eigenvalue weighted by Gasteiger charge is -2.12. The molecule has 0 bridgehead atoms. The minimum atomic E-state index is -0.670. The molecular weight excluding hydrogens is 366 g/mol. The van der Waals surface area contributed by atoms with Gasteiger partial charge in [0.15, 0.2) is 0 Å². The Labute approximate surface area is 159 Å². The molecule has 2 aromatic carbocycles. The number of hydrogen-bond donors (Lipinski definition) is 2. The minimum Gasteiger partial charge on any atom is -0.325 e. The lowest BCUT2D eigenvalue weighted by Crippen LogP contribution is -2.36. The van der Waals surface area contributed by atoms with E-state index < -0.39 is 29.5 Å². The minimum absolute atomic E-state index is 0.0269. The summed E-state index contributed by atoms with van der Waals surface area (Å²) < 4.78 is 0. The molecule has 0 unspecified atom stereocenters. The third-order valence-corrected chi connectivity index (χ3v) is 4.44. The lowest BCUT2D eigenvalue weighted by atomic mass is 10.3. The first-order valence-corrected chi connectivity index (χ1v) is 8.81. The van der Waals surface area contributed by atoms with Gasteiger partial charge in [-0.05, 0) is 36.0 Å². The number of hydrogen-bond acceptors (Lipinski definition) is 5. The Kier molecular flexibility index (Phi) is 5.68. The van der Waals surface area contributed by atoms with Gasteiger partial charge in [-0.1, -0.05) is 36.4 Å². The van der Waals surface area contributed by atoms with Gasteiger partial charge >= 0.3 is 0 Å². The van der Waals surface area contributed by atoms with Crippen LogP contribution in [0.3, 0.4) is 0 Å². The molecule has 0 spiro atoms. The molecule has 1 heterocycles. The molecule has 1 aliphatic rings. The van der Waals surface area contributed by atoms with Crippen molar-refractivity contribution in [2.45, 2.75) is 0 Å². The van der Waals surface area contributed by atoms with Crippen LogP contribution in [-0.2, 0) is 14.4 Å². The second-order valence-corrected chi connectivity index (χ2v) is 6.53. The van der Waals surface area contributed by atoms with Crippen molar-refractivity contribution in [3.05, 3.63) is 71.6 Å². The average Bonchev–Trinajstić information content (AvgIpc) is 2.90. The van der Waals surface area contributed by atoms with Crippen LogP contribution in [0.2, 0.25) is 0 Å². The van der Waals surface area contributed by atoms with Gasteiger partial charge in [-0.15, -0.1) is 0 Å². The molecule has 7 nitrogen and oxygen atoms in total. The number of benzene rings is 2. The van der Waals surface area contributed by atoms with E-state index in [2.05, 4.69) is 10.6 Å². The number of rotatable bonds is 5. The summed E-state index contributed by atoms with van der Waals surface area (Å²) in [4.78, 5) is 49.3. The van der Waals surface area contributed by atoms with E-state index >= 15 is 0 Å². The maximum atomic E-state index is 12.3. The van der Waals surface area contributed by atoms with E-state index in [1.165, 1.54) is 0 Å². The quantitative estimate of drug-likeness (QED) is 0.777. The monoisotopic (exact) mass is 381 g/mol. The van der Waals surface area contributed by atoms with Gasteiger partial charge in [0.2, 0.25) is 11.8 Å². The van der Waals surface area contributed by atoms with E-state index in [4.69, 9.17) is 0 Å². The molecule has 4 amide bonds. The van der Waals surface area contributed by atoms with Crippen molar-refractivity contribution in [3.63, 3.8) is 0 Å². The molecule has 0 aliphatic carbocycles. The van der Waals surface area contributed by atoms with Gasteiger partial charge in [0.1, 0.15) is 6.54 Å². The first-order valence-electron chi connectivity index (χ1n) is 7.99. The highest BCUT2D eigenvalue weighted by atomic mass is 32.2. The zero-order valence-electron chi connectivity index (χ0n) is 14.0. The summed E-state index contributed by atoms with van der Waals surface area (Å²) in [5, 5.41) is 4.61. The van der Waals surface area contributed by atoms with E-state index in [0.29, 0.717) is 23.1 Å². The van der Waals surface area contributed by atoms with Crippen LogP contribution in [0.5, 0.6) is 0 Å². The van der Waals surface area contributed by atoms with E-state index in [9.17, 15) is 19.2 Å². The molecule has 3 rings (SSSR count). The van der Waals surface area contributed by atoms with Gasteiger partial charge < -0.3 is 10.6 Å². The molecule has 1 saturated heterocycles. The summed E-state index contributed by atoms with van der Waals surface area (Å²) >= 11 is 0.627. The number of nitrogens with zero attached hydrogens (tertiary/aromatic N) is 1. The van der Waals surface area contributed by atoms with Gasteiger partial charge in [0.05, 0.1) is 4.91 Å². The van der Waals surface area contributed by atoms with Gasteiger partial charge in [-0.2, -0.15) is 0 Å². The van der Waals surface area contributed by atoms with Crippen molar-refractivity contribution in [3.8, 4) is 0 Å². The molecule has 0 aromatic heterocycles. The highest BCUT2D eigenvalue weighted by Gasteiger charge is 2.36. The fraction of sp³-hybridized carbons (Fsp3) is 0.0526. The van der Waals surface area contributed by atoms with E-state index in [0.717, 1.165) is 11.0 Å². The fourth-order valence-electron chi connectivity index (χ4n) is 2.32. The van der Waals surface area contributed by atoms with Crippen LogP contribution in [0, 0.1) is 0 Å². The number of thioether (sulfide) groups is 1. The van der Waals surface area contributed by atoms with E-state index in [1.54, 1.807) is 54.6 Å². The molecule has 8 heteroatoms. The zero-order valence-corrected chi connectivity index (χ0v) is 14.9. The fourth-order valence-corrected chi connectivity index (χ4v) is 3.13. The number of carbonyl (C=O) groups excluding carboxylic acids is 4. The Bertz CT molecular complexity index is 913. The van der Waals surface area contributed by atoms with Gasteiger partial charge in [-0.3, -0.25) is 24.1 Å². The highest BCUT2D eigenvalue weighted by Crippen LogP contribution is 2.30. The van der Waals surface area contributed by atoms with Crippen LogP contribution in [0.1, 0.15) is 0 Å². The predicted octanol–water partition coefficient (Wildman–Crippen LogP) is 2.84. The molecular formula is C19H15N3O4S. The number of carbonyl (C=O) groups is 4. The van der Waals surface area contributed by atoms with Crippen LogP contribution in [0.4, 0.5) is 16.2 Å². The Hall–Kier alpha value is -3.39. The van der Waals surface area contributed by atoms with Crippen molar-refractivity contribution in [2.24, 2.45) is 0 Å². The van der Waals surface area contributed by atoms with E-state index in [-0.39, 0.29) is 4.91 Å². The summed E-state index contributed by atoms with van der Waals surface area (Å²) in [6.45, 7) is -0.419. The molecule has 0 radical (unpaired) electrons. The topological polar surface area (TPSA) is 95.6 Å². The van der Waals surface area contributed by atoms with Crippen LogP contribution in [-0.4, -0.2) is 34.4 Å². The lowest BCUT2D eigenvalue weighted by molar-refractivity contribution is -0.127. The highest BCUT2D eigenvalue weighted by molar-refractivity contribution is 8.18. The second-order valence-electron chi connectivity index (χ2n) is 5.54. The Morgan fingerprint density at radius 1 is 0.889 bits per heavy atom. The van der Waals surface area contributed by atoms with Gasteiger partial charge in [-0.25, -0.2) is 0 Å². The standard InChI is InChI=1S/C19H15N3O4S/c23-16(20-13-7-3-1-4-8-13)11-15-18(25)22(19(26)27-15)12-17(24)21-14-9-5-2-6-10-14/h1-11H,12H2,(H,20,23)(H,21,24). The molecule has 1 fully saturated rings. The Morgan fingerprint density at radius 2 is 1.44 bits per heavy atom. The molecule has 27 heavy (non-hydrogen) atoms. The maximum absolute atomic E-state index is 12.3. The zero-order chi connectivity index (χ0) is 19.2. The third-order valence-electron chi connectivity index (χ3n) is 3.54. The average molecular weight is 381 g/mol. The van der Waals surface area contributed by atoms with E-state index in [1.807, 2.05) is 6.07 Å². The molecule has 2 aromatic rings. The molecule has 136 valence electrons. The number of nitrogens with one attached hydrogen (secondary N) is 2. The third kappa shape index (κ3) is 4.83. The SMILES string of the molecule is O=C(C=C1SC(=O)N(CC(=O)Nc2ccccc2)C1=O)Nc1ccccc1. The van der Waals surface area contributed by atoms with Gasteiger partial charge in [0.25, 0.3) is 11.1 Å². The van der Waals surface area contributed by atoms with Crippen molar-refractivity contribution in [1.29, 1.82) is 0 Å². The first kappa shape index (κ1) is 18.4. The molecule has 1 aliphatic heterocycles. The maximum Gasteiger partial charge on any atom is 0.294 e. The largest absolute Gasteiger partial charge is 0.325 e. The van der Waals surface area contributed by atoms with Gasteiger partial charge in [0, 0.05) is 17.5 Å². The van der Waals surface area contributed by atoms with Crippen LogP contribution in [0.25, 0.3) is 0 Å². The van der Waals surface area contributed by atoms with Crippen molar-refractivity contribution < 1.29 is 19.2 Å². The van der Waals surface area contributed by atoms with Crippen LogP contribution in [0.15, 0.2) is 71.6 Å². The summed E-state index contributed by atoms with van der Waals surface area (Å²) in [6.07, 6.45) is 1.06. The molecule has 0 saturated carbocycles. The predicted molar refractivity (Wildman–Crippen MR) is 103 cm³/mol. The molecule has 0 atom stereocenters. The Balaban J connectivity index is 1.62. The van der Waals surface area contributed by atoms with Crippen molar-refractivity contribution >= 4 is 46.1 Å². The van der Waals surface area contributed by atoms with Crippen LogP contribution >= 0.6 is 11.8 Å². The van der Waals surface area contributed by atoms with Crippen LogP contribution < -0.4 is 10.6 Å². The van der Waals surface area contributed by atoms with Crippen molar-refractivity contribution in [2.75, 3.05) is 17.2 Å². The summed E-state index contributed by atoms with van der Waals surface area (Å²) in [7, 11) is 0. The second kappa shape index (κ2) is 8.33. The smallest absolute Gasteiger partial charge is 0.294 e. The Morgan fingerprint density at radius 3 is 2.04 bits per heavy atom. The number of amides is 4. The number of anilines is 2. The molecule has 2 N–H and O–H groups in total. The number of imide groups is 1. The summed E-state index contributed by atoms with van der Waals surface area (Å²) in [5.41, 5.74) is 1.13. The summed E-state index contributed by atoms with van der Waals surface area (Å²) in [6, 6.07) is 17.4.